The number of nitrogens with one attached hydrogen (secondary N) is 1. The molecule has 0 bridgehead atoms. The molecule has 0 spiro atoms. The highest BCUT2D eigenvalue weighted by Gasteiger charge is 2.37. The third kappa shape index (κ3) is 4.40. The predicted molar refractivity (Wildman–Crippen MR) is 95.2 cm³/mol. The first-order valence-electron chi connectivity index (χ1n) is 8.31. The van der Waals surface area contributed by atoms with Crippen LogP contribution < -0.4 is 10.2 Å². The number of halogens is 1. The van der Waals surface area contributed by atoms with Gasteiger partial charge in [0.2, 0.25) is 5.91 Å². The minimum Gasteiger partial charge on any atom is -0.380 e. The molecule has 5 nitrogen and oxygen atoms in total. The Hall–Kier alpha value is -1.77. The van der Waals surface area contributed by atoms with Crippen molar-refractivity contribution in [2.24, 2.45) is 5.41 Å². The number of benzene rings is 1. The van der Waals surface area contributed by atoms with Crippen molar-refractivity contribution in [2.45, 2.75) is 26.7 Å². The van der Waals surface area contributed by atoms with Gasteiger partial charge in [0.1, 0.15) is 6.07 Å². The van der Waals surface area contributed by atoms with Crippen LogP contribution in [0.3, 0.4) is 0 Å². The standard InChI is InChI=1S/C18H24ClN3O2/c1-3-24-11-8-21-17(23)18(2)6-9-22(10-7-18)16-5-4-15(19)12-14(16)13-20/h4-5,12H,3,6-11H2,1-2H3,(H,21,23). The van der Waals surface area contributed by atoms with Crippen LogP contribution in [0.1, 0.15) is 32.3 Å². The zero-order valence-corrected chi connectivity index (χ0v) is 15.0. The normalized spacial score (nSPS) is 16.5. The number of hydrogen-bond acceptors (Lipinski definition) is 4. The van der Waals surface area contributed by atoms with Crippen LogP contribution in [0.2, 0.25) is 5.02 Å². The molecule has 0 unspecified atom stereocenters. The summed E-state index contributed by atoms with van der Waals surface area (Å²) in [5, 5.41) is 12.8. The first kappa shape index (κ1) is 18.6. The molecule has 24 heavy (non-hydrogen) atoms. The Bertz CT molecular complexity index is 619. The molecule has 1 aromatic rings. The predicted octanol–water partition coefficient (Wildman–Crippen LogP) is 2.97. The summed E-state index contributed by atoms with van der Waals surface area (Å²) < 4.78 is 5.25. The maximum atomic E-state index is 12.4. The minimum absolute atomic E-state index is 0.0819. The summed E-state index contributed by atoms with van der Waals surface area (Å²) >= 11 is 5.96. The number of amides is 1. The van der Waals surface area contributed by atoms with Crippen LogP contribution in [0.25, 0.3) is 0 Å². The van der Waals surface area contributed by atoms with Gasteiger partial charge >= 0.3 is 0 Å². The van der Waals surface area contributed by atoms with E-state index in [-0.39, 0.29) is 11.3 Å². The molecular formula is C18H24ClN3O2. The fourth-order valence-electron chi connectivity index (χ4n) is 2.94. The average molecular weight is 350 g/mol. The molecule has 0 atom stereocenters. The molecule has 0 aromatic heterocycles. The van der Waals surface area contributed by atoms with Gasteiger partial charge in [0.05, 0.1) is 17.9 Å². The van der Waals surface area contributed by atoms with Gasteiger partial charge in [-0.1, -0.05) is 18.5 Å². The molecule has 1 amide bonds. The van der Waals surface area contributed by atoms with E-state index in [9.17, 15) is 10.1 Å². The van der Waals surface area contributed by atoms with E-state index in [1.165, 1.54) is 0 Å². The fourth-order valence-corrected chi connectivity index (χ4v) is 3.11. The van der Waals surface area contributed by atoms with Crippen molar-refractivity contribution in [1.82, 2.24) is 5.32 Å². The number of hydrogen-bond donors (Lipinski definition) is 1. The van der Waals surface area contributed by atoms with Gasteiger partial charge < -0.3 is 15.0 Å². The first-order valence-corrected chi connectivity index (χ1v) is 8.68. The second-order valence-electron chi connectivity index (χ2n) is 6.27. The third-order valence-electron chi connectivity index (χ3n) is 4.57. The molecular weight excluding hydrogens is 326 g/mol. The Morgan fingerprint density at radius 3 is 2.79 bits per heavy atom. The smallest absolute Gasteiger partial charge is 0.226 e. The van der Waals surface area contributed by atoms with Crippen molar-refractivity contribution < 1.29 is 9.53 Å². The summed E-state index contributed by atoms with van der Waals surface area (Å²) in [5.41, 5.74) is 1.09. The lowest BCUT2D eigenvalue weighted by atomic mass is 9.79. The van der Waals surface area contributed by atoms with Gasteiger partial charge in [-0.3, -0.25) is 4.79 Å². The molecule has 2 rings (SSSR count). The van der Waals surface area contributed by atoms with Crippen molar-refractivity contribution in [1.29, 1.82) is 5.26 Å². The maximum Gasteiger partial charge on any atom is 0.226 e. The molecule has 1 heterocycles. The second kappa shape index (κ2) is 8.36. The van der Waals surface area contributed by atoms with Crippen LogP contribution in [-0.4, -0.2) is 38.8 Å². The van der Waals surface area contributed by atoms with Gasteiger partial charge in [0.25, 0.3) is 0 Å². The molecule has 1 aliphatic rings. The summed E-state index contributed by atoms with van der Waals surface area (Å²) in [6, 6.07) is 7.56. The van der Waals surface area contributed by atoms with Crippen LogP contribution in [0, 0.1) is 16.7 Å². The average Bonchev–Trinajstić information content (AvgIpc) is 2.59. The lowest BCUT2D eigenvalue weighted by Gasteiger charge is -2.39. The third-order valence-corrected chi connectivity index (χ3v) is 4.81. The van der Waals surface area contributed by atoms with Gasteiger partial charge in [-0.25, -0.2) is 0 Å². The summed E-state index contributed by atoms with van der Waals surface area (Å²) in [5.74, 6) is 0.0819. The Kier molecular flexibility index (Phi) is 6.47. The SMILES string of the molecule is CCOCCNC(=O)C1(C)CCN(c2ccc(Cl)cc2C#N)CC1. The Morgan fingerprint density at radius 2 is 2.17 bits per heavy atom. The van der Waals surface area contributed by atoms with E-state index < -0.39 is 0 Å². The molecule has 1 aromatic carbocycles. The largest absolute Gasteiger partial charge is 0.380 e. The molecule has 1 aliphatic heterocycles. The number of nitriles is 1. The van der Waals surface area contributed by atoms with Crippen molar-refractivity contribution in [3.63, 3.8) is 0 Å². The highest BCUT2D eigenvalue weighted by atomic mass is 35.5. The van der Waals surface area contributed by atoms with Gasteiger partial charge in [-0.15, -0.1) is 0 Å². The molecule has 0 aliphatic carbocycles. The van der Waals surface area contributed by atoms with Gasteiger partial charge in [0, 0.05) is 36.7 Å². The van der Waals surface area contributed by atoms with E-state index in [0.717, 1.165) is 31.6 Å². The molecule has 130 valence electrons. The molecule has 1 saturated heterocycles. The Labute approximate surface area is 148 Å². The van der Waals surface area contributed by atoms with Crippen molar-refractivity contribution in [2.75, 3.05) is 37.7 Å². The highest BCUT2D eigenvalue weighted by Crippen LogP contribution is 2.34. The van der Waals surface area contributed by atoms with Crippen molar-refractivity contribution in [3.8, 4) is 6.07 Å². The van der Waals surface area contributed by atoms with E-state index in [1.807, 2.05) is 19.9 Å². The quantitative estimate of drug-likeness (QED) is 0.802. The number of carbonyl (C=O) groups excluding carboxylic acids is 1. The lowest BCUT2D eigenvalue weighted by molar-refractivity contribution is -0.131. The molecule has 0 saturated carbocycles. The zero-order chi connectivity index (χ0) is 17.6. The Balaban J connectivity index is 1.95. The summed E-state index contributed by atoms with van der Waals surface area (Å²) in [6.07, 6.45) is 1.50. The van der Waals surface area contributed by atoms with Crippen molar-refractivity contribution >= 4 is 23.2 Å². The topological polar surface area (TPSA) is 65.4 Å². The summed E-state index contributed by atoms with van der Waals surface area (Å²) in [7, 11) is 0. The monoisotopic (exact) mass is 349 g/mol. The number of carbonyl (C=O) groups is 1. The highest BCUT2D eigenvalue weighted by molar-refractivity contribution is 6.30. The zero-order valence-electron chi connectivity index (χ0n) is 14.3. The van der Waals surface area contributed by atoms with Crippen molar-refractivity contribution in [3.05, 3.63) is 28.8 Å². The molecule has 1 N–H and O–H groups in total. The van der Waals surface area contributed by atoms with Gasteiger partial charge in [0.15, 0.2) is 0 Å². The first-order chi connectivity index (χ1) is 11.5. The summed E-state index contributed by atoms with van der Waals surface area (Å²) in [4.78, 5) is 14.6. The lowest BCUT2D eigenvalue weighted by Crippen LogP contribution is -2.48. The number of ether oxygens (including phenoxy) is 1. The van der Waals surface area contributed by atoms with E-state index >= 15 is 0 Å². The molecule has 6 heteroatoms. The van der Waals surface area contributed by atoms with E-state index in [4.69, 9.17) is 16.3 Å². The molecule has 1 fully saturated rings. The summed E-state index contributed by atoms with van der Waals surface area (Å²) in [6.45, 7) is 7.17. The number of rotatable bonds is 6. The second-order valence-corrected chi connectivity index (χ2v) is 6.71. The number of nitrogens with zero attached hydrogens (tertiary/aromatic N) is 2. The van der Waals surface area contributed by atoms with Crippen LogP contribution in [-0.2, 0) is 9.53 Å². The van der Waals surface area contributed by atoms with E-state index in [2.05, 4.69) is 16.3 Å². The number of anilines is 1. The van der Waals surface area contributed by atoms with Crippen LogP contribution in [0.15, 0.2) is 18.2 Å². The minimum atomic E-state index is -0.373. The van der Waals surface area contributed by atoms with Crippen LogP contribution >= 0.6 is 11.6 Å². The molecule has 0 radical (unpaired) electrons. The van der Waals surface area contributed by atoms with E-state index in [1.54, 1.807) is 12.1 Å². The maximum absolute atomic E-state index is 12.4. The van der Waals surface area contributed by atoms with E-state index in [0.29, 0.717) is 30.3 Å². The fraction of sp³-hybridized carbons (Fsp3) is 0.556. The Morgan fingerprint density at radius 1 is 1.46 bits per heavy atom. The van der Waals surface area contributed by atoms with Crippen LogP contribution in [0.5, 0.6) is 0 Å². The van der Waals surface area contributed by atoms with Gasteiger partial charge in [-0.2, -0.15) is 5.26 Å². The van der Waals surface area contributed by atoms with Gasteiger partial charge in [-0.05, 0) is 38.0 Å². The number of piperidine rings is 1. The van der Waals surface area contributed by atoms with Crippen LogP contribution in [0.4, 0.5) is 5.69 Å².